The lowest BCUT2D eigenvalue weighted by Gasteiger charge is -2.50. The lowest BCUT2D eigenvalue weighted by atomic mass is 9.55. The van der Waals surface area contributed by atoms with Crippen molar-refractivity contribution in [3.05, 3.63) is 0 Å². The van der Waals surface area contributed by atoms with Crippen LogP contribution in [0, 0.1) is 33.5 Å². The predicted octanol–water partition coefficient (Wildman–Crippen LogP) is 9.08. The molecule has 0 saturated carbocycles. The van der Waals surface area contributed by atoms with Gasteiger partial charge in [-0.1, -0.05) is 95.4 Å². The molecular weight excluding hydrogens is 319 g/mol. The van der Waals surface area contributed by atoms with Crippen molar-refractivity contribution >= 4 is 0 Å². The molecule has 0 aromatic carbocycles. The average Bonchev–Trinajstić information content (AvgIpc) is 2.50. The Hall–Kier alpha value is -0.0700. The molecule has 0 aliphatic rings. The second kappa shape index (κ2) is 9.92. The Morgan fingerprint density at radius 3 is 1.62 bits per heavy atom. The Kier molecular flexibility index (Phi) is 9.90. The van der Waals surface area contributed by atoms with Crippen molar-refractivity contribution in [2.45, 2.75) is 121 Å². The summed E-state index contributed by atoms with van der Waals surface area (Å²) in [6, 6.07) is 0. The number of hydrogen-bond donors (Lipinski definition) is 0. The van der Waals surface area contributed by atoms with Crippen LogP contribution in [0.3, 0.4) is 0 Å². The molecule has 0 aromatic heterocycles. The normalized spacial score (nSPS) is 18.5. The summed E-state index contributed by atoms with van der Waals surface area (Å²) in [5, 5.41) is 0. The Morgan fingerprint density at radius 2 is 1.23 bits per heavy atom. The molecule has 0 heterocycles. The Labute approximate surface area is 166 Å². The molecule has 0 amide bonds. The lowest BCUT2D eigenvalue weighted by Crippen LogP contribution is -2.41. The first-order valence-electron chi connectivity index (χ1n) is 11.3. The van der Waals surface area contributed by atoms with Crippen LogP contribution in [0.1, 0.15) is 121 Å². The monoisotopic (exact) mass is 370 g/mol. The van der Waals surface area contributed by atoms with Gasteiger partial charge in [0, 0.05) is 0 Å². The molecule has 158 valence electrons. The summed E-state index contributed by atoms with van der Waals surface area (Å²) in [5.41, 5.74) is 0.999. The SMILES string of the molecule is CCCC(C(C)(C)CCC)C(C)(C)CC(C)(CC)CC(C)(C)C(C)CF. The van der Waals surface area contributed by atoms with Crippen molar-refractivity contribution in [2.24, 2.45) is 33.5 Å². The standard InChI is InChI=1S/C25H51F/c1-12-15-21(22(5,6)16-13-2)24(9,10)19-25(11,14-3)18-23(7,8)20(4)17-26/h20-21H,12-19H2,1-11H3. The second-order valence-corrected chi connectivity index (χ2v) is 11.6. The molecule has 0 spiro atoms. The van der Waals surface area contributed by atoms with Gasteiger partial charge >= 0.3 is 0 Å². The van der Waals surface area contributed by atoms with Crippen molar-refractivity contribution in [2.75, 3.05) is 6.67 Å². The van der Waals surface area contributed by atoms with E-state index in [2.05, 4.69) is 76.2 Å². The highest BCUT2D eigenvalue weighted by atomic mass is 19.1. The molecule has 0 radical (unpaired) electrons. The number of alkyl halides is 1. The molecule has 1 heteroatoms. The molecule has 3 atom stereocenters. The minimum absolute atomic E-state index is 0.0504. The Balaban J connectivity index is 5.59. The molecule has 0 bridgehead atoms. The van der Waals surface area contributed by atoms with Gasteiger partial charge < -0.3 is 0 Å². The predicted molar refractivity (Wildman–Crippen MR) is 117 cm³/mol. The van der Waals surface area contributed by atoms with Crippen LogP contribution < -0.4 is 0 Å². The molecule has 0 rings (SSSR count). The highest BCUT2D eigenvalue weighted by molar-refractivity contribution is 4.94. The van der Waals surface area contributed by atoms with E-state index >= 15 is 0 Å². The summed E-state index contributed by atoms with van der Waals surface area (Å²) < 4.78 is 13.4. The van der Waals surface area contributed by atoms with E-state index in [1.807, 2.05) is 0 Å². The van der Waals surface area contributed by atoms with E-state index in [1.165, 1.54) is 38.5 Å². The van der Waals surface area contributed by atoms with Crippen LogP contribution in [-0.4, -0.2) is 6.67 Å². The maximum absolute atomic E-state index is 13.4. The third-order valence-electron chi connectivity index (χ3n) is 7.54. The van der Waals surface area contributed by atoms with Gasteiger partial charge in [-0.2, -0.15) is 0 Å². The summed E-state index contributed by atoms with van der Waals surface area (Å²) in [6.07, 6.45) is 8.64. The molecule has 26 heavy (non-hydrogen) atoms. The molecule has 0 aromatic rings. The van der Waals surface area contributed by atoms with E-state index in [0.717, 1.165) is 12.3 Å². The van der Waals surface area contributed by atoms with Gasteiger partial charge in [0.2, 0.25) is 0 Å². The van der Waals surface area contributed by atoms with Crippen LogP contribution in [0.4, 0.5) is 4.39 Å². The Bertz CT molecular complexity index is 393. The zero-order valence-corrected chi connectivity index (χ0v) is 20.2. The fraction of sp³-hybridized carbons (Fsp3) is 1.00. The van der Waals surface area contributed by atoms with Gasteiger partial charge in [-0.25, -0.2) is 0 Å². The van der Waals surface area contributed by atoms with Crippen molar-refractivity contribution in [3.8, 4) is 0 Å². The molecule has 0 fully saturated rings. The van der Waals surface area contributed by atoms with E-state index in [-0.39, 0.29) is 23.4 Å². The summed E-state index contributed by atoms with van der Waals surface area (Å²) in [5.74, 6) is 0.854. The summed E-state index contributed by atoms with van der Waals surface area (Å²) in [6.45, 7) is 25.8. The fourth-order valence-corrected chi connectivity index (χ4v) is 5.97. The third-order valence-corrected chi connectivity index (χ3v) is 7.54. The van der Waals surface area contributed by atoms with Gasteiger partial charge in [0.15, 0.2) is 0 Å². The maximum Gasteiger partial charge on any atom is 0.0925 e. The van der Waals surface area contributed by atoms with Crippen molar-refractivity contribution in [1.29, 1.82) is 0 Å². The molecule has 0 aliphatic heterocycles. The smallest absolute Gasteiger partial charge is 0.0925 e. The molecule has 0 nitrogen and oxygen atoms in total. The fourth-order valence-electron chi connectivity index (χ4n) is 5.97. The van der Waals surface area contributed by atoms with Gasteiger partial charge in [0.25, 0.3) is 0 Å². The second-order valence-electron chi connectivity index (χ2n) is 11.6. The molecule has 3 unspecified atom stereocenters. The largest absolute Gasteiger partial charge is 0.251 e. The van der Waals surface area contributed by atoms with Crippen LogP contribution in [-0.2, 0) is 0 Å². The van der Waals surface area contributed by atoms with Crippen molar-refractivity contribution in [3.63, 3.8) is 0 Å². The summed E-state index contributed by atoms with van der Waals surface area (Å²) in [4.78, 5) is 0. The number of hydrogen-bond acceptors (Lipinski definition) is 0. The highest BCUT2D eigenvalue weighted by Crippen LogP contribution is 2.54. The lowest BCUT2D eigenvalue weighted by molar-refractivity contribution is -0.00497. The first-order chi connectivity index (χ1) is 11.7. The van der Waals surface area contributed by atoms with E-state index < -0.39 is 0 Å². The van der Waals surface area contributed by atoms with Crippen molar-refractivity contribution < 1.29 is 4.39 Å². The van der Waals surface area contributed by atoms with E-state index in [4.69, 9.17) is 0 Å². The summed E-state index contributed by atoms with van der Waals surface area (Å²) in [7, 11) is 0. The van der Waals surface area contributed by atoms with Crippen molar-refractivity contribution in [1.82, 2.24) is 0 Å². The van der Waals surface area contributed by atoms with E-state index in [9.17, 15) is 4.39 Å². The van der Waals surface area contributed by atoms with Crippen LogP contribution in [0.5, 0.6) is 0 Å². The molecule has 0 aliphatic carbocycles. The Morgan fingerprint density at radius 1 is 0.731 bits per heavy atom. The zero-order chi connectivity index (χ0) is 20.8. The van der Waals surface area contributed by atoms with Crippen LogP contribution in [0.2, 0.25) is 0 Å². The van der Waals surface area contributed by atoms with Gasteiger partial charge in [-0.15, -0.1) is 0 Å². The first kappa shape index (κ1) is 25.9. The van der Waals surface area contributed by atoms with Gasteiger partial charge in [0.1, 0.15) is 0 Å². The number of rotatable bonds is 13. The topological polar surface area (TPSA) is 0 Å². The highest BCUT2D eigenvalue weighted by Gasteiger charge is 2.44. The summed E-state index contributed by atoms with van der Waals surface area (Å²) >= 11 is 0. The van der Waals surface area contributed by atoms with Crippen LogP contribution in [0.25, 0.3) is 0 Å². The minimum atomic E-state index is -0.210. The van der Waals surface area contributed by atoms with E-state index in [0.29, 0.717) is 10.8 Å². The molecule has 0 saturated heterocycles. The van der Waals surface area contributed by atoms with Gasteiger partial charge in [-0.3, -0.25) is 4.39 Å². The molecule has 0 N–H and O–H groups in total. The third kappa shape index (κ3) is 7.16. The van der Waals surface area contributed by atoms with Crippen LogP contribution in [0.15, 0.2) is 0 Å². The quantitative estimate of drug-likeness (QED) is 0.303. The van der Waals surface area contributed by atoms with E-state index in [1.54, 1.807) is 0 Å². The average molecular weight is 371 g/mol. The maximum atomic E-state index is 13.4. The van der Waals surface area contributed by atoms with Gasteiger partial charge in [-0.05, 0) is 59.2 Å². The minimum Gasteiger partial charge on any atom is -0.251 e. The number of halogens is 1. The molecular formula is C25H51F. The first-order valence-corrected chi connectivity index (χ1v) is 11.3. The van der Waals surface area contributed by atoms with Gasteiger partial charge in [0.05, 0.1) is 6.67 Å². The zero-order valence-electron chi connectivity index (χ0n) is 20.2. The van der Waals surface area contributed by atoms with Crippen LogP contribution >= 0.6 is 0 Å².